The molecule has 1 heterocycles. The Hall–Kier alpha value is -2.23. The lowest BCUT2D eigenvalue weighted by molar-refractivity contribution is 0.916. The molecule has 1 aromatic heterocycles. The largest absolute Gasteiger partial charge is 0.370 e. The van der Waals surface area contributed by atoms with Crippen LogP contribution in [0.25, 0.3) is 0 Å². The average Bonchev–Trinajstić information content (AvgIpc) is 2.76. The van der Waals surface area contributed by atoms with E-state index in [0.717, 1.165) is 11.3 Å². The summed E-state index contributed by atoms with van der Waals surface area (Å²) in [5, 5.41) is 3.07. The highest BCUT2D eigenvalue weighted by molar-refractivity contribution is 5.92. The van der Waals surface area contributed by atoms with Gasteiger partial charge in [-0.3, -0.25) is 0 Å². The monoisotopic (exact) mass is 242 g/mol. The third-order valence-electron chi connectivity index (χ3n) is 2.65. The average molecular weight is 242 g/mol. The van der Waals surface area contributed by atoms with Gasteiger partial charge in [0.05, 0.1) is 6.54 Å². The second kappa shape index (κ2) is 5.40. The molecule has 2 aromatic rings. The van der Waals surface area contributed by atoms with Crippen LogP contribution in [0, 0.1) is 6.92 Å². The molecule has 0 saturated heterocycles. The molecule has 0 amide bonds. The zero-order valence-corrected chi connectivity index (χ0v) is 10.7. The first-order valence-corrected chi connectivity index (χ1v) is 5.88. The van der Waals surface area contributed by atoms with Crippen molar-refractivity contribution in [3.63, 3.8) is 0 Å². The lowest BCUT2D eigenvalue weighted by Crippen LogP contribution is -2.22. The number of benzene rings is 1. The van der Waals surface area contributed by atoms with Gasteiger partial charge in [-0.1, -0.05) is 17.7 Å². The third-order valence-corrected chi connectivity index (χ3v) is 2.65. The smallest absolute Gasteiger partial charge is 0.193 e. The molecular weight excluding hydrogens is 224 g/mol. The number of hydrogen-bond acceptors (Lipinski definition) is 1. The summed E-state index contributed by atoms with van der Waals surface area (Å²) in [4.78, 5) is 4.30. The first kappa shape index (κ1) is 12.2. The maximum Gasteiger partial charge on any atom is 0.193 e. The van der Waals surface area contributed by atoms with Crippen LogP contribution in [0.5, 0.6) is 0 Å². The Morgan fingerprint density at radius 1 is 1.28 bits per heavy atom. The van der Waals surface area contributed by atoms with Gasteiger partial charge in [-0.15, -0.1) is 0 Å². The van der Waals surface area contributed by atoms with Crippen LogP contribution < -0.4 is 11.1 Å². The summed E-state index contributed by atoms with van der Waals surface area (Å²) in [5.74, 6) is 0.433. The molecule has 0 aliphatic rings. The lowest BCUT2D eigenvalue weighted by Gasteiger charge is -2.05. The van der Waals surface area contributed by atoms with Crippen LogP contribution in [-0.4, -0.2) is 10.5 Å². The number of hydrogen-bond donors (Lipinski definition) is 2. The number of nitrogens with two attached hydrogens (primary N) is 1. The van der Waals surface area contributed by atoms with Crippen LogP contribution in [0.15, 0.2) is 47.7 Å². The zero-order chi connectivity index (χ0) is 13.0. The van der Waals surface area contributed by atoms with Crippen LogP contribution in [0.3, 0.4) is 0 Å². The molecule has 4 heteroatoms. The predicted octanol–water partition coefficient (Wildman–Crippen LogP) is 2.26. The van der Waals surface area contributed by atoms with Crippen LogP contribution in [0.2, 0.25) is 0 Å². The molecule has 94 valence electrons. The number of aryl methyl sites for hydroxylation is 2. The number of aromatic nitrogens is 1. The Bertz CT molecular complexity index is 537. The van der Waals surface area contributed by atoms with E-state index in [2.05, 4.69) is 17.2 Å². The van der Waals surface area contributed by atoms with E-state index in [1.165, 1.54) is 5.56 Å². The molecule has 3 N–H and O–H groups in total. The van der Waals surface area contributed by atoms with E-state index in [-0.39, 0.29) is 0 Å². The second-order valence-electron chi connectivity index (χ2n) is 4.38. The molecule has 2 rings (SSSR count). The van der Waals surface area contributed by atoms with Gasteiger partial charge >= 0.3 is 0 Å². The first-order valence-electron chi connectivity index (χ1n) is 5.88. The number of nitrogens with one attached hydrogen (secondary N) is 1. The predicted molar refractivity (Wildman–Crippen MR) is 75.5 cm³/mol. The molecule has 4 nitrogen and oxygen atoms in total. The van der Waals surface area contributed by atoms with E-state index in [4.69, 9.17) is 5.73 Å². The molecule has 0 fully saturated rings. The molecule has 18 heavy (non-hydrogen) atoms. The van der Waals surface area contributed by atoms with Crippen molar-refractivity contribution in [3.8, 4) is 0 Å². The second-order valence-corrected chi connectivity index (χ2v) is 4.38. The van der Waals surface area contributed by atoms with Gasteiger partial charge in [0, 0.05) is 25.1 Å². The van der Waals surface area contributed by atoms with Crippen molar-refractivity contribution < 1.29 is 0 Å². The van der Waals surface area contributed by atoms with Gasteiger partial charge in [-0.2, -0.15) is 0 Å². The minimum atomic E-state index is 0.433. The van der Waals surface area contributed by atoms with E-state index in [1.807, 2.05) is 54.3 Å². The molecule has 0 aliphatic heterocycles. The molecule has 0 spiro atoms. The van der Waals surface area contributed by atoms with E-state index in [0.29, 0.717) is 12.5 Å². The number of rotatable bonds is 3. The van der Waals surface area contributed by atoms with Crippen molar-refractivity contribution in [1.29, 1.82) is 0 Å². The summed E-state index contributed by atoms with van der Waals surface area (Å²) in [6.45, 7) is 2.64. The molecular formula is C14H18N4. The van der Waals surface area contributed by atoms with Crippen molar-refractivity contribution in [2.75, 3.05) is 5.32 Å². The Morgan fingerprint density at radius 2 is 2.00 bits per heavy atom. The summed E-state index contributed by atoms with van der Waals surface area (Å²) in [5.41, 5.74) is 9.15. The fraction of sp³-hybridized carbons (Fsp3) is 0.214. The topological polar surface area (TPSA) is 55.3 Å². The van der Waals surface area contributed by atoms with Crippen LogP contribution in [0.1, 0.15) is 11.1 Å². The van der Waals surface area contributed by atoms with Gasteiger partial charge in [-0.05, 0) is 30.7 Å². The molecule has 0 saturated carbocycles. The Kier molecular flexibility index (Phi) is 3.67. The maximum atomic E-state index is 5.83. The summed E-state index contributed by atoms with van der Waals surface area (Å²) in [6, 6.07) is 10.1. The van der Waals surface area contributed by atoms with Gasteiger partial charge in [0.2, 0.25) is 0 Å². The van der Waals surface area contributed by atoms with Gasteiger partial charge in [0.15, 0.2) is 5.96 Å². The van der Waals surface area contributed by atoms with Crippen LogP contribution >= 0.6 is 0 Å². The normalized spacial score (nSPS) is 11.6. The summed E-state index contributed by atoms with van der Waals surface area (Å²) in [6.07, 6.45) is 4.02. The number of anilines is 1. The molecule has 0 bridgehead atoms. The van der Waals surface area contributed by atoms with Crippen molar-refractivity contribution in [3.05, 3.63) is 53.9 Å². The SMILES string of the molecule is Cc1ccc(NC(N)=NCc2ccn(C)c2)cc1. The summed E-state index contributed by atoms with van der Waals surface area (Å²) in [7, 11) is 1.99. The minimum absolute atomic E-state index is 0.433. The van der Waals surface area contributed by atoms with Crippen molar-refractivity contribution in [2.45, 2.75) is 13.5 Å². The standard InChI is InChI=1S/C14H18N4/c1-11-3-5-13(6-4-11)17-14(15)16-9-12-7-8-18(2)10-12/h3-8,10H,9H2,1-2H3,(H3,15,16,17). The van der Waals surface area contributed by atoms with Gasteiger partial charge < -0.3 is 15.6 Å². The molecule has 0 atom stereocenters. The first-order chi connectivity index (χ1) is 8.63. The minimum Gasteiger partial charge on any atom is -0.370 e. The van der Waals surface area contributed by atoms with Gasteiger partial charge in [0.25, 0.3) is 0 Å². The molecule has 0 aliphatic carbocycles. The number of guanidine groups is 1. The van der Waals surface area contributed by atoms with Crippen molar-refractivity contribution >= 4 is 11.6 Å². The van der Waals surface area contributed by atoms with Crippen LogP contribution in [-0.2, 0) is 13.6 Å². The van der Waals surface area contributed by atoms with Crippen molar-refractivity contribution in [2.24, 2.45) is 17.8 Å². The third kappa shape index (κ3) is 3.38. The Labute approximate surface area is 107 Å². The Morgan fingerprint density at radius 3 is 2.61 bits per heavy atom. The fourth-order valence-electron chi connectivity index (χ4n) is 1.66. The lowest BCUT2D eigenvalue weighted by atomic mass is 10.2. The van der Waals surface area contributed by atoms with E-state index in [1.54, 1.807) is 0 Å². The van der Waals surface area contributed by atoms with Crippen molar-refractivity contribution in [1.82, 2.24) is 4.57 Å². The van der Waals surface area contributed by atoms with Gasteiger partial charge in [-0.25, -0.2) is 4.99 Å². The van der Waals surface area contributed by atoms with Crippen LogP contribution in [0.4, 0.5) is 5.69 Å². The molecule has 0 radical (unpaired) electrons. The quantitative estimate of drug-likeness (QED) is 0.640. The summed E-state index contributed by atoms with van der Waals surface area (Å²) < 4.78 is 1.99. The highest BCUT2D eigenvalue weighted by Crippen LogP contribution is 2.08. The Balaban J connectivity index is 1.95. The van der Waals surface area contributed by atoms with E-state index in [9.17, 15) is 0 Å². The number of nitrogens with zero attached hydrogens (tertiary/aromatic N) is 2. The molecule has 1 aromatic carbocycles. The van der Waals surface area contributed by atoms with Gasteiger partial charge in [0.1, 0.15) is 0 Å². The summed E-state index contributed by atoms with van der Waals surface area (Å²) >= 11 is 0. The maximum absolute atomic E-state index is 5.83. The highest BCUT2D eigenvalue weighted by Gasteiger charge is 1.96. The fourth-order valence-corrected chi connectivity index (χ4v) is 1.66. The zero-order valence-electron chi connectivity index (χ0n) is 10.7. The van der Waals surface area contributed by atoms with E-state index >= 15 is 0 Å². The van der Waals surface area contributed by atoms with E-state index < -0.39 is 0 Å². The highest BCUT2D eigenvalue weighted by atomic mass is 15.1. The number of aliphatic imine (C=N–C) groups is 1. The molecule has 0 unspecified atom stereocenters.